The molecule has 0 amide bonds. The van der Waals surface area contributed by atoms with Crippen molar-refractivity contribution in [2.75, 3.05) is 13.7 Å². The maximum absolute atomic E-state index is 15.4. The number of carboxylic acid groups (broad SMARTS) is 2. The van der Waals surface area contributed by atoms with Crippen LogP contribution >= 0.6 is 0 Å². The first-order valence-electron chi connectivity index (χ1n) is 13.8. The molecule has 0 atom stereocenters. The van der Waals surface area contributed by atoms with E-state index in [0.717, 1.165) is 6.07 Å². The number of ether oxygens (including phenoxy) is 2. The zero-order valence-corrected chi connectivity index (χ0v) is 24.4. The number of halogens is 1. The van der Waals surface area contributed by atoms with E-state index in [2.05, 4.69) is 9.97 Å². The number of rotatable bonds is 11. The van der Waals surface area contributed by atoms with E-state index in [1.54, 1.807) is 49.6 Å². The van der Waals surface area contributed by atoms with E-state index in [-0.39, 0.29) is 30.2 Å². The monoisotopic (exact) mass is 602 g/mol. The van der Waals surface area contributed by atoms with Gasteiger partial charge in [0.05, 0.1) is 34.5 Å². The van der Waals surface area contributed by atoms with Gasteiger partial charge in [-0.25, -0.2) is 23.9 Å². The van der Waals surface area contributed by atoms with Gasteiger partial charge in [0, 0.05) is 44.0 Å². The number of aromatic nitrogens is 4. The Labute approximate surface area is 251 Å². The number of hydrogen-bond acceptors (Lipinski definition) is 7. The SMILES string of the molecule is CC.COCCn1c(Cc2ccc(-c3cccc(OCn4ccc(C(=O)O)cc4=O)n3)cc2F)nc2ccc(C(=O)O)cc21. The van der Waals surface area contributed by atoms with Crippen LogP contribution in [0.5, 0.6) is 5.88 Å². The molecular weight excluding hydrogens is 571 g/mol. The van der Waals surface area contributed by atoms with E-state index in [4.69, 9.17) is 14.6 Å². The fourth-order valence-corrected chi connectivity index (χ4v) is 4.43. The van der Waals surface area contributed by atoms with E-state index in [0.29, 0.717) is 46.8 Å². The maximum atomic E-state index is 15.4. The van der Waals surface area contributed by atoms with E-state index >= 15 is 4.39 Å². The van der Waals surface area contributed by atoms with Crippen molar-refractivity contribution >= 4 is 23.0 Å². The number of pyridine rings is 2. The van der Waals surface area contributed by atoms with Crippen molar-refractivity contribution in [3.05, 3.63) is 112 Å². The first kappa shape index (κ1) is 31.6. The van der Waals surface area contributed by atoms with Crippen LogP contribution in [-0.2, 0) is 24.4 Å². The van der Waals surface area contributed by atoms with Gasteiger partial charge < -0.3 is 24.3 Å². The minimum Gasteiger partial charge on any atom is -0.478 e. The molecule has 44 heavy (non-hydrogen) atoms. The van der Waals surface area contributed by atoms with Gasteiger partial charge in [0.25, 0.3) is 5.56 Å². The lowest BCUT2D eigenvalue weighted by Gasteiger charge is -2.11. The quantitative estimate of drug-likeness (QED) is 0.211. The second kappa shape index (κ2) is 14.2. The molecule has 5 rings (SSSR count). The van der Waals surface area contributed by atoms with Crippen molar-refractivity contribution in [1.82, 2.24) is 19.1 Å². The van der Waals surface area contributed by atoms with E-state index in [9.17, 15) is 19.5 Å². The molecular formula is C32H31FN4O7. The third kappa shape index (κ3) is 7.16. The van der Waals surface area contributed by atoms with Crippen molar-refractivity contribution in [2.24, 2.45) is 0 Å². The zero-order chi connectivity index (χ0) is 31.8. The number of carboxylic acids is 2. The van der Waals surface area contributed by atoms with E-state index in [1.165, 1.54) is 29.0 Å². The standard InChI is InChI=1S/C30H25FN4O7.C2H6/c1-41-12-11-35-25-14-20(29(37)38)7-8-24(25)32-26(35)15-18-5-6-19(13-22(18)31)23-3-2-4-27(33-23)42-17-34-10-9-21(30(39)40)16-28(34)36;1-2/h2-10,13-14,16H,11-12,15,17H2,1H3,(H,37,38)(H,39,40);1-2H3. The number of carbonyl (C=O) groups is 2. The fourth-order valence-electron chi connectivity index (χ4n) is 4.43. The summed E-state index contributed by atoms with van der Waals surface area (Å²) < 4.78 is 29.2. The molecule has 228 valence electrons. The van der Waals surface area contributed by atoms with E-state index < -0.39 is 23.3 Å². The molecule has 0 unspecified atom stereocenters. The van der Waals surface area contributed by atoms with Gasteiger partial charge in [0.1, 0.15) is 11.6 Å². The molecule has 12 heteroatoms. The normalized spacial score (nSPS) is 10.7. The van der Waals surface area contributed by atoms with Crippen molar-refractivity contribution in [2.45, 2.75) is 33.5 Å². The Bertz CT molecular complexity index is 1870. The summed E-state index contributed by atoms with van der Waals surface area (Å²) in [5, 5.41) is 18.4. The molecule has 3 aromatic heterocycles. The average Bonchev–Trinajstić information content (AvgIpc) is 3.37. The van der Waals surface area contributed by atoms with Gasteiger partial charge in [-0.15, -0.1) is 0 Å². The summed E-state index contributed by atoms with van der Waals surface area (Å²) in [7, 11) is 1.56. The summed E-state index contributed by atoms with van der Waals surface area (Å²) in [6.45, 7) is 4.59. The molecule has 0 radical (unpaired) electrons. The minimum absolute atomic E-state index is 0.124. The highest BCUT2D eigenvalue weighted by atomic mass is 19.1. The summed E-state index contributed by atoms with van der Waals surface area (Å²) in [4.78, 5) is 43.7. The Balaban J connectivity index is 0.00000216. The lowest BCUT2D eigenvalue weighted by atomic mass is 10.1. The molecule has 2 aromatic carbocycles. The van der Waals surface area contributed by atoms with Crippen LogP contribution in [0.2, 0.25) is 0 Å². The van der Waals surface area contributed by atoms with Gasteiger partial charge in [-0.3, -0.25) is 9.36 Å². The third-order valence-corrected chi connectivity index (χ3v) is 6.61. The second-order valence-corrected chi connectivity index (χ2v) is 9.33. The average molecular weight is 603 g/mol. The first-order valence-corrected chi connectivity index (χ1v) is 13.8. The molecule has 2 N–H and O–H groups in total. The molecule has 0 fully saturated rings. The Kier molecular flexibility index (Phi) is 10.2. The summed E-state index contributed by atoms with van der Waals surface area (Å²) in [5.74, 6) is -1.96. The number of nitrogens with zero attached hydrogens (tertiary/aromatic N) is 4. The van der Waals surface area contributed by atoms with Crippen molar-refractivity contribution in [3.8, 4) is 17.1 Å². The van der Waals surface area contributed by atoms with E-state index in [1.807, 2.05) is 18.4 Å². The summed E-state index contributed by atoms with van der Waals surface area (Å²) in [6.07, 6.45) is 1.48. The highest BCUT2D eigenvalue weighted by molar-refractivity contribution is 5.92. The zero-order valence-electron chi connectivity index (χ0n) is 24.4. The summed E-state index contributed by atoms with van der Waals surface area (Å²) in [6, 6.07) is 16.7. The predicted molar refractivity (Wildman–Crippen MR) is 161 cm³/mol. The summed E-state index contributed by atoms with van der Waals surface area (Å²) >= 11 is 0. The molecule has 0 saturated carbocycles. The lowest BCUT2D eigenvalue weighted by Crippen LogP contribution is -2.22. The van der Waals surface area contributed by atoms with Gasteiger partial charge in [0.2, 0.25) is 5.88 Å². The number of fused-ring (bicyclic) bond motifs is 1. The van der Waals surface area contributed by atoms with Crippen LogP contribution in [0.25, 0.3) is 22.3 Å². The largest absolute Gasteiger partial charge is 0.478 e. The third-order valence-electron chi connectivity index (χ3n) is 6.61. The number of benzene rings is 2. The molecule has 0 saturated heterocycles. The fraction of sp³-hybridized carbons (Fsp3) is 0.219. The second-order valence-electron chi connectivity index (χ2n) is 9.33. The topological polar surface area (TPSA) is 146 Å². The predicted octanol–water partition coefficient (Wildman–Crippen LogP) is 5.10. The van der Waals surface area contributed by atoms with Crippen LogP contribution in [-0.4, -0.2) is 55.0 Å². The number of aromatic carboxylic acids is 2. The van der Waals surface area contributed by atoms with Crippen LogP contribution in [0, 0.1) is 5.82 Å². The number of methoxy groups -OCH3 is 1. The van der Waals surface area contributed by atoms with Crippen LogP contribution in [0.15, 0.2) is 77.7 Å². The first-order chi connectivity index (χ1) is 21.2. The van der Waals surface area contributed by atoms with Crippen LogP contribution in [0.3, 0.4) is 0 Å². The highest BCUT2D eigenvalue weighted by Gasteiger charge is 2.16. The van der Waals surface area contributed by atoms with Gasteiger partial charge >= 0.3 is 11.9 Å². The molecule has 0 bridgehead atoms. The minimum atomic E-state index is -1.20. The molecule has 0 spiro atoms. The Morgan fingerprint density at radius 2 is 1.68 bits per heavy atom. The Hall–Kier alpha value is -5.36. The van der Waals surface area contributed by atoms with Crippen LogP contribution in [0.1, 0.15) is 46.0 Å². The number of imidazole rings is 1. The highest BCUT2D eigenvalue weighted by Crippen LogP contribution is 2.25. The smallest absolute Gasteiger partial charge is 0.335 e. The van der Waals surface area contributed by atoms with Crippen molar-refractivity contribution in [3.63, 3.8) is 0 Å². The molecule has 11 nitrogen and oxygen atoms in total. The molecule has 0 aliphatic carbocycles. The van der Waals surface area contributed by atoms with Gasteiger partial charge in [-0.1, -0.05) is 32.0 Å². The number of hydrogen-bond donors (Lipinski definition) is 2. The lowest BCUT2D eigenvalue weighted by molar-refractivity contribution is 0.0686. The Morgan fingerprint density at radius 3 is 2.36 bits per heavy atom. The Morgan fingerprint density at radius 1 is 0.932 bits per heavy atom. The molecule has 0 aliphatic rings. The summed E-state index contributed by atoms with van der Waals surface area (Å²) in [5.41, 5.74) is 2.03. The van der Waals surface area contributed by atoms with Gasteiger partial charge in [-0.2, -0.15) is 0 Å². The van der Waals surface area contributed by atoms with Gasteiger partial charge in [-0.05, 0) is 42.0 Å². The van der Waals surface area contributed by atoms with Gasteiger partial charge in [0.15, 0.2) is 6.73 Å². The van der Waals surface area contributed by atoms with Crippen molar-refractivity contribution in [1.29, 1.82) is 0 Å². The molecule has 3 heterocycles. The molecule has 0 aliphatic heterocycles. The maximum Gasteiger partial charge on any atom is 0.335 e. The van der Waals surface area contributed by atoms with Crippen LogP contribution in [0.4, 0.5) is 4.39 Å². The van der Waals surface area contributed by atoms with Crippen LogP contribution < -0.4 is 10.3 Å². The molecule has 5 aromatic rings. The van der Waals surface area contributed by atoms with Crippen molar-refractivity contribution < 1.29 is 33.7 Å².